The molecule has 1 fully saturated rings. The molecule has 1 saturated heterocycles. The SMILES string of the molecule is CCCNc1c(CN2CCOCC2)cc(C(=O)O)cc1[N+](=O)[O-]. The van der Waals surface area contributed by atoms with E-state index in [-0.39, 0.29) is 11.3 Å². The number of carboxylic acid groups (broad SMARTS) is 1. The Labute approximate surface area is 134 Å². The van der Waals surface area contributed by atoms with E-state index in [0.29, 0.717) is 37.6 Å². The second-order valence-electron chi connectivity index (χ2n) is 5.41. The molecule has 0 saturated carbocycles. The third-order valence-corrected chi connectivity index (χ3v) is 3.69. The second-order valence-corrected chi connectivity index (χ2v) is 5.41. The highest BCUT2D eigenvalue weighted by Crippen LogP contribution is 2.31. The Morgan fingerprint density at radius 1 is 1.43 bits per heavy atom. The maximum atomic E-state index is 11.3. The van der Waals surface area contributed by atoms with Crippen molar-refractivity contribution in [1.82, 2.24) is 4.90 Å². The van der Waals surface area contributed by atoms with Gasteiger partial charge in [-0.3, -0.25) is 15.0 Å². The van der Waals surface area contributed by atoms with Crippen LogP contribution in [0.15, 0.2) is 12.1 Å². The number of carbonyl (C=O) groups is 1. The molecule has 0 aliphatic carbocycles. The summed E-state index contributed by atoms with van der Waals surface area (Å²) in [6, 6.07) is 2.63. The van der Waals surface area contributed by atoms with Crippen LogP contribution >= 0.6 is 0 Å². The molecule has 0 unspecified atom stereocenters. The lowest BCUT2D eigenvalue weighted by Gasteiger charge is -2.27. The number of aromatic carboxylic acids is 1. The van der Waals surface area contributed by atoms with E-state index in [1.807, 2.05) is 6.92 Å². The number of nitrogens with zero attached hydrogens (tertiary/aromatic N) is 2. The minimum atomic E-state index is -1.17. The molecule has 1 aromatic carbocycles. The number of nitro groups is 1. The fourth-order valence-corrected chi connectivity index (χ4v) is 2.53. The average Bonchev–Trinajstić information content (AvgIpc) is 2.53. The monoisotopic (exact) mass is 323 g/mol. The van der Waals surface area contributed by atoms with Gasteiger partial charge in [0.15, 0.2) is 0 Å². The first kappa shape index (κ1) is 17.2. The number of ether oxygens (including phenoxy) is 1. The number of hydrogen-bond donors (Lipinski definition) is 2. The lowest BCUT2D eigenvalue weighted by atomic mass is 10.0. The molecule has 0 radical (unpaired) electrons. The number of morpholine rings is 1. The number of anilines is 1. The maximum absolute atomic E-state index is 11.3. The van der Waals surface area contributed by atoms with Gasteiger partial charge in [-0.1, -0.05) is 6.92 Å². The third-order valence-electron chi connectivity index (χ3n) is 3.69. The smallest absolute Gasteiger partial charge is 0.335 e. The van der Waals surface area contributed by atoms with Crippen LogP contribution in [0, 0.1) is 10.1 Å². The molecule has 1 aliphatic heterocycles. The Morgan fingerprint density at radius 3 is 2.70 bits per heavy atom. The minimum Gasteiger partial charge on any atom is -0.478 e. The highest BCUT2D eigenvalue weighted by molar-refractivity contribution is 5.90. The largest absolute Gasteiger partial charge is 0.478 e. The van der Waals surface area contributed by atoms with Gasteiger partial charge in [-0.15, -0.1) is 0 Å². The van der Waals surface area contributed by atoms with Gasteiger partial charge in [0.05, 0.1) is 23.7 Å². The first-order chi connectivity index (χ1) is 11.0. The number of nitro benzene ring substituents is 1. The minimum absolute atomic E-state index is 0.0676. The summed E-state index contributed by atoms with van der Waals surface area (Å²) in [5.41, 5.74) is 0.781. The van der Waals surface area contributed by atoms with E-state index in [0.717, 1.165) is 25.6 Å². The van der Waals surface area contributed by atoms with Crippen molar-refractivity contribution in [3.05, 3.63) is 33.4 Å². The van der Waals surface area contributed by atoms with E-state index in [9.17, 15) is 20.0 Å². The molecule has 0 bridgehead atoms. The second kappa shape index (κ2) is 7.89. The fourth-order valence-electron chi connectivity index (χ4n) is 2.53. The van der Waals surface area contributed by atoms with Crippen molar-refractivity contribution < 1.29 is 19.6 Å². The number of benzene rings is 1. The fraction of sp³-hybridized carbons (Fsp3) is 0.533. The summed E-state index contributed by atoms with van der Waals surface area (Å²) in [6.45, 7) is 5.67. The summed E-state index contributed by atoms with van der Waals surface area (Å²) in [6.07, 6.45) is 0.814. The Bertz CT molecular complexity index is 585. The van der Waals surface area contributed by atoms with Gasteiger partial charge in [0, 0.05) is 32.2 Å². The van der Waals surface area contributed by atoms with Crippen LogP contribution in [-0.4, -0.2) is 53.7 Å². The van der Waals surface area contributed by atoms with Crippen molar-refractivity contribution in [2.24, 2.45) is 0 Å². The van der Waals surface area contributed by atoms with Crippen LogP contribution in [0.25, 0.3) is 0 Å². The van der Waals surface area contributed by atoms with Crippen LogP contribution in [0.2, 0.25) is 0 Å². The van der Waals surface area contributed by atoms with E-state index < -0.39 is 10.9 Å². The lowest BCUT2D eigenvalue weighted by molar-refractivity contribution is -0.384. The summed E-state index contributed by atoms with van der Waals surface area (Å²) in [5, 5.41) is 23.6. The molecule has 0 aromatic heterocycles. The molecule has 8 heteroatoms. The molecule has 0 atom stereocenters. The number of rotatable bonds is 7. The van der Waals surface area contributed by atoms with Gasteiger partial charge in [-0.25, -0.2) is 4.79 Å². The first-order valence-electron chi connectivity index (χ1n) is 7.61. The zero-order valence-corrected chi connectivity index (χ0v) is 13.1. The molecule has 2 rings (SSSR count). The first-order valence-corrected chi connectivity index (χ1v) is 7.61. The van der Waals surface area contributed by atoms with Gasteiger partial charge in [0.25, 0.3) is 5.69 Å². The van der Waals surface area contributed by atoms with Crippen LogP contribution in [0.5, 0.6) is 0 Å². The van der Waals surface area contributed by atoms with Crippen molar-refractivity contribution in [2.75, 3.05) is 38.2 Å². The van der Waals surface area contributed by atoms with Gasteiger partial charge >= 0.3 is 5.97 Å². The molecule has 8 nitrogen and oxygen atoms in total. The van der Waals surface area contributed by atoms with E-state index in [4.69, 9.17) is 4.74 Å². The van der Waals surface area contributed by atoms with Gasteiger partial charge < -0.3 is 15.2 Å². The topological polar surface area (TPSA) is 105 Å². The Balaban J connectivity index is 2.40. The van der Waals surface area contributed by atoms with Crippen molar-refractivity contribution in [1.29, 1.82) is 0 Å². The van der Waals surface area contributed by atoms with Crippen molar-refractivity contribution in [3.63, 3.8) is 0 Å². The average molecular weight is 323 g/mol. The predicted molar refractivity (Wildman–Crippen MR) is 84.9 cm³/mol. The van der Waals surface area contributed by atoms with Crippen molar-refractivity contribution >= 4 is 17.3 Å². The van der Waals surface area contributed by atoms with Crippen molar-refractivity contribution in [3.8, 4) is 0 Å². The standard InChI is InChI=1S/C15H21N3O5/c1-2-3-16-14-12(10-17-4-6-23-7-5-17)8-11(15(19)20)9-13(14)18(21)22/h8-9,16H,2-7,10H2,1H3,(H,19,20). The number of nitrogens with one attached hydrogen (secondary N) is 1. The molecular formula is C15H21N3O5. The Hall–Kier alpha value is -2.19. The third kappa shape index (κ3) is 4.40. The van der Waals surface area contributed by atoms with Gasteiger partial charge in [0.1, 0.15) is 5.69 Å². The predicted octanol–water partition coefficient (Wildman–Crippen LogP) is 1.95. The van der Waals surface area contributed by atoms with Crippen LogP contribution in [0.4, 0.5) is 11.4 Å². The summed E-state index contributed by atoms with van der Waals surface area (Å²) in [7, 11) is 0. The maximum Gasteiger partial charge on any atom is 0.335 e. The van der Waals surface area contributed by atoms with Crippen LogP contribution < -0.4 is 5.32 Å². The normalized spacial score (nSPS) is 15.3. The molecule has 0 amide bonds. The summed E-state index contributed by atoms with van der Waals surface area (Å²) < 4.78 is 5.30. The number of carboxylic acids is 1. The lowest BCUT2D eigenvalue weighted by Crippen LogP contribution is -2.36. The highest BCUT2D eigenvalue weighted by Gasteiger charge is 2.23. The zero-order chi connectivity index (χ0) is 16.8. The van der Waals surface area contributed by atoms with E-state index in [2.05, 4.69) is 10.2 Å². The highest BCUT2D eigenvalue weighted by atomic mass is 16.6. The molecule has 1 heterocycles. The molecule has 23 heavy (non-hydrogen) atoms. The van der Waals surface area contributed by atoms with Crippen LogP contribution in [0.1, 0.15) is 29.3 Å². The summed E-state index contributed by atoms with van der Waals surface area (Å²) in [5.74, 6) is -1.17. The molecule has 126 valence electrons. The van der Waals surface area contributed by atoms with Gasteiger partial charge in [-0.2, -0.15) is 0 Å². The Morgan fingerprint density at radius 2 is 2.13 bits per heavy atom. The van der Waals surface area contributed by atoms with E-state index in [1.54, 1.807) is 0 Å². The summed E-state index contributed by atoms with van der Waals surface area (Å²) >= 11 is 0. The quantitative estimate of drug-likeness (QED) is 0.583. The molecule has 2 N–H and O–H groups in total. The Kier molecular flexibility index (Phi) is 5.89. The van der Waals surface area contributed by atoms with Crippen molar-refractivity contribution in [2.45, 2.75) is 19.9 Å². The molecule has 0 spiro atoms. The van der Waals surface area contributed by atoms with Crippen LogP contribution in [-0.2, 0) is 11.3 Å². The molecule has 1 aromatic rings. The molecular weight excluding hydrogens is 302 g/mol. The summed E-state index contributed by atoms with van der Waals surface area (Å²) in [4.78, 5) is 24.2. The van der Waals surface area contributed by atoms with Crippen LogP contribution in [0.3, 0.4) is 0 Å². The zero-order valence-electron chi connectivity index (χ0n) is 13.1. The van der Waals surface area contributed by atoms with Gasteiger partial charge in [0.2, 0.25) is 0 Å². The van der Waals surface area contributed by atoms with E-state index >= 15 is 0 Å². The van der Waals surface area contributed by atoms with Gasteiger partial charge in [-0.05, 0) is 18.1 Å². The molecule has 1 aliphatic rings. The van der Waals surface area contributed by atoms with E-state index in [1.165, 1.54) is 6.07 Å². The number of hydrogen-bond acceptors (Lipinski definition) is 6.